The fraction of sp³-hybridized carbons (Fsp3) is 0.125. The normalized spacial score (nSPS) is 10.8. The predicted octanol–water partition coefficient (Wildman–Crippen LogP) is 1.61. The molecule has 0 unspecified atom stereocenters. The Hall–Kier alpha value is -3.82. The van der Waals surface area contributed by atoms with Crippen molar-refractivity contribution < 1.29 is 39.5 Å². The Labute approximate surface area is 144 Å². The summed E-state index contributed by atoms with van der Waals surface area (Å²) in [5.74, 6) is -4.09. The molecule has 0 saturated carbocycles. The Balaban J connectivity index is 2.59. The molecule has 0 amide bonds. The molecule has 0 fully saturated rings. The molecule has 0 aliphatic carbocycles. The van der Waals surface area contributed by atoms with Gasteiger partial charge in [-0.05, 0) is 0 Å². The predicted molar refractivity (Wildman–Crippen MR) is 87.4 cm³/mol. The Morgan fingerprint density at radius 2 is 1.12 bits per heavy atom. The van der Waals surface area contributed by atoms with Gasteiger partial charge in [0.05, 0.1) is 25.3 Å². The summed E-state index contributed by atoms with van der Waals surface area (Å²) in [4.78, 5) is 31.1. The lowest BCUT2D eigenvalue weighted by Crippen LogP contribution is -2.05. The second kappa shape index (κ2) is 5.92. The first-order valence-electron chi connectivity index (χ1n) is 7.08. The van der Waals surface area contributed by atoms with Crippen molar-refractivity contribution in [3.05, 3.63) is 23.3 Å². The van der Waals surface area contributed by atoms with E-state index < -0.39 is 23.4 Å². The van der Waals surface area contributed by atoms with Gasteiger partial charge in [-0.1, -0.05) is 0 Å². The first-order valence-corrected chi connectivity index (χ1v) is 7.08. The number of carbonyl (C=O) groups is 2. The number of rotatable bonds is 4. The van der Waals surface area contributed by atoms with Gasteiger partial charge in [-0.3, -0.25) is 0 Å². The van der Waals surface area contributed by atoms with Gasteiger partial charge >= 0.3 is 11.9 Å². The summed E-state index contributed by atoms with van der Waals surface area (Å²) in [6.07, 6.45) is 0. The molecule has 0 aliphatic rings. The Bertz CT molecular complexity index is 1010. The zero-order chi connectivity index (χ0) is 19.2. The van der Waals surface area contributed by atoms with Crippen molar-refractivity contribution in [3.8, 4) is 23.0 Å². The largest absolute Gasteiger partial charge is 0.503 e. The Morgan fingerprint density at radius 1 is 0.769 bits per heavy atom. The number of phenolic OH excluding ortho intramolecular Hbond substituents is 2. The summed E-state index contributed by atoms with van der Waals surface area (Å²) in [7, 11) is 2.45. The summed E-state index contributed by atoms with van der Waals surface area (Å²) in [5, 5.41) is 39.3. The van der Waals surface area contributed by atoms with Gasteiger partial charge in [-0.2, -0.15) is 0 Å². The topological polar surface area (TPSA) is 159 Å². The first kappa shape index (κ1) is 17.0. The minimum atomic E-state index is -1.37. The molecule has 26 heavy (non-hydrogen) atoms. The molecule has 0 atom stereocenters. The maximum Gasteiger partial charge on any atom is 0.338 e. The average molecular weight is 360 g/mol. The summed E-state index contributed by atoms with van der Waals surface area (Å²) in [6.45, 7) is 0. The van der Waals surface area contributed by atoms with Crippen LogP contribution in [-0.4, -0.2) is 56.6 Å². The van der Waals surface area contributed by atoms with Crippen molar-refractivity contribution in [1.29, 1.82) is 0 Å². The molecular weight excluding hydrogens is 348 g/mol. The van der Waals surface area contributed by atoms with Crippen LogP contribution in [0.5, 0.6) is 23.0 Å². The van der Waals surface area contributed by atoms with Crippen molar-refractivity contribution in [1.82, 2.24) is 9.97 Å². The number of fused-ring (bicyclic) bond motifs is 2. The van der Waals surface area contributed by atoms with Crippen LogP contribution in [-0.2, 0) is 0 Å². The van der Waals surface area contributed by atoms with Crippen LogP contribution >= 0.6 is 0 Å². The molecule has 4 N–H and O–H groups in total. The second-order valence-electron chi connectivity index (χ2n) is 5.18. The average Bonchev–Trinajstić information content (AvgIpc) is 2.61. The Morgan fingerprint density at radius 3 is 1.38 bits per heavy atom. The zero-order valence-electron chi connectivity index (χ0n) is 13.5. The third-order valence-electron chi connectivity index (χ3n) is 3.77. The summed E-state index contributed by atoms with van der Waals surface area (Å²) < 4.78 is 9.85. The molecule has 134 valence electrons. The van der Waals surface area contributed by atoms with E-state index in [2.05, 4.69) is 9.97 Å². The van der Waals surface area contributed by atoms with Crippen LogP contribution in [0.2, 0.25) is 0 Å². The summed E-state index contributed by atoms with van der Waals surface area (Å²) in [6, 6.07) is 2.10. The minimum absolute atomic E-state index is 0.168. The lowest BCUT2D eigenvalue weighted by molar-refractivity contribution is 0.0687. The molecule has 0 saturated heterocycles. The smallest absolute Gasteiger partial charge is 0.338 e. The van der Waals surface area contributed by atoms with Crippen molar-refractivity contribution in [2.24, 2.45) is 0 Å². The number of phenols is 2. The highest BCUT2D eigenvalue weighted by Gasteiger charge is 2.24. The van der Waals surface area contributed by atoms with Crippen molar-refractivity contribution in [2.45, 2.75) is 0 Å². The van der Waals surface area contributed by atoms with E-state index in [9.17, 15) is 30.0 Å². The molecule has 0 radical (unpaired) electrons. The molecule has 2 aromatic carbocycles. The van der Waals surface area contributed by atoms with Crippen LogP contribution in [0.1, 0.15) is 20.7 Å². The highest BCUT2D eigenvalue weighted by Crippen LogP contribution is 2.40. The standard InChI is InChI=1S/C16H12N2O8/c1-25-7-3-5(15(21)22)9-11(13(7)19)17-10-6(16(23)24)4-8(26-2)14(20)12(10)18-9/h3-4,19-20H,1-2H3,(H,21,22)(H,23,24). The molecule has 10 nitrogen and oxygen atoms in total. The van der Waals surface area contributed by atoms with E-state index in [1.165, 1.54) is 14.2 Å². The van der Waals surface area contributed by atoms with E-state index in [0.29, 0.717) is 0 Å². The SMILES string of the molecule is COc1cc(C(=O)O)c2nc3c(O)c(OC)cc(C(=O)O)c3nc2c1O. The number of hydrogen-bond acceptors (Lipinski definition) is 8. The van der Waals surface area contributed by atoms with E-state index in [1.54, 1.807) is 0 Å². The number of methoxy groups -OCH3 is 2. The van der Waals surface area contributed by atoms with E-state index in [1.807, 2.05) is 0 Å². The fourth-order valence-electron chi connectivity index (χ4n) is 2.55. The molecule has 1 heterocycles. The lowest BCUT2D eigenvalue weighted by atomic mass is 10.1. The number of carboxylic acid groups (broad SMARTS) is 2. The van der Waals surface area contributed by atoms with Gasteiger partial charge in [0.25, 0.3) is 0 Å². The number of aromatic nitrogens is 2. The van der Waals surface area contributed by atoms with Crippen LogP contribution < -0.4 is 9.47 Å². The third-order valence-corrected chi connectivity index (χ3v) is 3.77. The molecule has 0 spiro atoms. The quantitative estimate of drug-likeness (QED) is 0.503. The summed E-state index contributed by atoms with van der Waals surface area (Å²) in [5.41, 5.74) is -1.74. The fourth-order valence-corrected chi connectivity index (χ4v) is 2.55. The second-order valence-corrected chi connectivity index (χ2v) is 5.18. The molecule has 1 aromatic heterocycles. The third kappa shape index (κ3) is 2.35. The van der Waals surface area contributed by atoms with Crippen LogP contribution in [0.25, 0.3) is 22.1 Å². The molecule has 3 aromatic rings. The highest BCUT2D eigenvalue weighted by atomic mass is 16.5. The monoisotopic (exact) mass is 360 g/mol. The van der Waals surface area contributed by atoms with Crippen LogP contribution in [0, 0.1) is 0 Å². The van der Waals surface area contributed by atoms with Gasteiger partial charge in [-0.25, -0.2) is 19.6 Å². The number of aromatic carboxylic acids is 2. The van der Waals surface area contributed by atoms with Gasteiger partial charge in [0.2, 0.25) is 0 Å². The molecular formula is C16H12N2O8. The number of hydrogen-bond donors (Lipinski definition) is 4. The van der Waals surface area contributed by atoms with Crippen LogP contribution in [0.15, 0.2) is 12.1 Å². The number of benzene rings is 2. The van der Waals surface area contributed by atoms with Crippen molar-refractivity contribution >= 4 is 34.0 Å². The maximum absolute atomic E-state index is 11.5. The van der Waals surface area contributed by atoms with Crippen LogP contribution in [0.3, 0.4) is 0 Å². The lowest BCUT2D eigenvalue weighted by Gasteiger charge is -2.12. The number of ether oxygens (including phenoxy) is 2. The molecule has 0 aliphatic heterocycles. The van der Waals surface area contributed by atoms with Gasteiger partial charge in [0.15, 0.2) is 23.0 Å². The van der Waals surface area contributed by atoms with Crippen molar-refractivity contribution in [3.63, 3.8) is 0 Å². The van der Waals surface area contributed by atoms with Crippen LogP contribution in [0.4, 0.5) is 0 Å². The van der Waals surface area contributed by atoms with Crippen molar-refractivity contribution in [2.75, 3.05) is 14.2 Å². The van der Waals surface area contributed by atoms with Gasteiger partial charge in [-0.15, -0.1) is 0 Å². The van der Waals surface area contributed by atoms with E-state index in [4.69, 9.17) is 9.47 Å². The van der Waals surface area contributed by atoms with Gasteiger partial charge < -0.3 is 29.9 Å². The molecule has 10 heteroatoms. The van der Waals surface area contributed by atoms with E-state index in [-0.39, 0.29) is 44.7 Å². The highest BCUT2D eigenvalue weighted by molar-refractivity contribution is 6.09. The summed E-state index contributed by atoms with van der Waals surface area (Å²) >= 11 is 0. The number of aromatic hydroxyl groups is 2. The minimum Gasteiger partial charge on any atom is -0.503 e. The maximum atomic E-state index is 11.5. The van der Waals surface area contributed by atoms with Gasteiger partial charge in [0.1, 0.15) is 22.1 Å². The van der Waals surface area contributed by atoms with E-state index >= 15 is 0 Å². The number of nitrogens with zero attached hydrogens (tertiary/aromatic N) is 2. The van der Waals surface area contributed by atoms with E-state index in [0.717, 1.165) is 12.1 Å². The number of carboxylic acids is 2. The molecule has 3 rings (SSSR count). The molecule has 0 bridgehead atoms. The van der Waals surface area contributed by atoms with Gasteiger partial charge in [0, 0.05) is 12.1 Å². The zero-order valence-corrected chi connectivity index (χ0v) is 13.5. The first-order chi connectivity index (χ1) is 12.3. The Kier molecular flexibility index (Phi) is 3.87.